The van der Waals surface area contributed by atoms with E-state index in [4.69, 9.17) is 5.11 Å². The van der Waals surface area contributed by atoms with Crippen molar-refractivity contribution in [1.82, 2.24) is 4.98 Å². The molecule has 0 aliphatic rings. The topological polar surface area (TPSA) is 84.3 Å². The van der Waals surface area contributed by atoms with Crippen LogP contribution in [0.3, 0.4) is 0 Å². The lowest BCUT2D eigenvalue weighted by Gasteiger charge is -2.16. The second-order valence-corrected chi connectivity index (χ2v) is 7.22. The number of ketones is 1. The first kappa shape index (κ1) is 17.9. The average Bonchev–Trinajstić information content (AvgIpc) is 2.53. The Morgan fingerprint density at radius 2 is 1.58 bits per heavy atom. The molecule has 0 aliphatic heterocycles. The molecular weight excluding hydrogens is 326 g/mol. The Bertz CT molecular complexity index is 791. The Morgan fingerprint density at radius 1 is 1.00 bits per heavy atom. The molecular formula is C18H17NO4S. The van der Waals surface area contributed by atoms with Crippen LogP contribution in [0.2, 0.25) is 0 Å². The zero-order chi connectivity index (χ0) is 17.9. The largest absolute Gasteiger partial charge is 0.476 e. The minimum absolute atomic E-state index is 0.00502. The summed E-state index contributed by atoms with van der Waals surface area (Å²) in [4.78, 5) is 39.7. The maximum Gasteiger partial charge on any atom is 0.355 e. The standard InChI is InChI=1S/C18H17NO4S/c1-18(2,3)15(20)11-6-8-12(9-7-11)17(23)24-13-5-4-10-19-14(13)16(21)22/h4-10H,1-3H3,(H,21,22). The average molecular weight is 343 g/mol. The third-order valence-electron chi connectivity index (χ3n) is 3.24. The van der Waals surface area contributed by atoms with Gasteiger partial charge in [0.05, 0.1) is 0 Å². The molecule has 124 valence electrons. The lowest BCUT2D eigenvalue weighted by molar-refractivity contribution is 0.0686. The Labute approximate surface area is 144 Å². The lowest BCUT2D eigenvalue weighted by Crippen LogP contribution is -2.20. The van der Waals surface area contributed by atoms with E-state index in [-0.39, 0.29) is 21.5 Å². The molecule has 1 N–H and O–H groups in total. The van der Waals surface area contributed by atoms with E-state index in [1.165, 1.54) is 12.3 Å². The van der Waals surface area contributed by atoms with Gasteiger partial charge >= 0.3 is 5.97 Å². The predicted molar refractivity (Wildman–Crippen MR) is 91.6 cm³/mol. The van der Waals surface area contributed by atoms with Crippen LogP contribution in [0.5, 0.6) is 0 Å². The van der Waals surface area contributed by atoms with Crippen LogP contribution in [0.15, 0.2) is 47.5 Å². The van der Waals surface area contributed by atoms with E-state index >= 15 is 0 Å². The van der Waals surface area contributed by atoms with Gasteiger partial charge in [-0.25, -0.2) is 9.78 Å². The number of carboxylic acid groups (broad SMARTS) is 1. The first-order valence-corrected chi connectivity index (χ1v) is 8.07. The molecule has 2 rings (SSSR count). The highest BCUT2D eigenvalue weighted by Crippen LogP contribution is 2.26. The van der Waals surface area contributed by atoms with Gasteiger partial charge in [-0.3, -0.25) is 9.59 Å². The van der Waals surface area contributed by atoms with Crippen LogP contribution in [0.1, 0.15) is 52.0 Å². The van der Waals surface area contributed by atoms with Crippen molar-refractivity contribution in [2.45, 2.75) is 25.7 Å². The number of nitrogens with zero attached hydrogens (tertiary/aromatic N) is 1. The van der Waals surface area contributed by atoms with E-state index in [1.54, 1.807) is 30.3 Å². The number of thioether (sulfide) groups is 1. The summed E-state index contributed by atoms with van der Waals surface area (Å²) in [6.07, 6.45) is 1.37. The predicted octanol–water partition coefficient (Wildman–Crippen LogP) is 3.94. The minimum Gasteiger partial charge on any atom is -0.476 e. The first-order valence-electron chi connectivity index (χ1n) is 7.25. The molecule has 0 radical (unpaired) electrons. The molecule has 0 atom stereocenters. The van der Waals surface area contributed by atoms with Crippen molar-refractivity contribution in [3.63, 3.8) is 0 Å². The van der Waals surface area contributed by atoms with E-state index in [1.807, 2.05) is 20.8 Å². The van der Waals surface area contributed by atoms with Crippen molar-refractivity contribution in [2.75, 3.05) is 0 Å². The number of carbonyl (C=O) groups excluding carboxylic acids is 2. The van der Waals surface area contributed by atoms with Crippen LogP contribution in [0.4, 0.5) is 0 Å². The highest BCUT2D eigenvalue weighted by atomic mass is 32.2. The second-order valence-electron chi connectivity index (χ2n) is 6.20. The van der Waals surface area contributed by atoms with Gasteiger partial charge in [-0.2, -0.15) is 0 Å². The third kappa shape index (κ3) is 4.08. The zero-order valence-electron chi connectivity index (χ0n) is 13.6. The van der Waals surface area contributed by atoms with Gasteiger partial charge in [-0.05, 0) is 36.0 Å². The quantitative estimate of drug-likeness (QED) is 0.668. The Balaban J connectivity index is 2.20. The fourth-order valence-electron chi connectivity index (χ4n) is 1.98. The van der Waals surface area contributed by atoms with E-state index in [0.29, 0.717) is 11.1 Å². The molecule has 0 saturated heterocycles. The molecule has 0 fully saturated rings. The fourth-order valence-corrected chi connectivity index (χ4v) is 2.82. The molecule has 24 heavy (non-hydrogen) atoms. The molecule has 0 saturated carbocycles. The Morgan fingerprint density at radius 3 is 2.12 bits per heavy atom. The van der Waals surface area contributed by atoms with Crippen molar-refractivity contribution in [1.29, 1.82) is 0 Å². The third-order valence-corrected chi connectivity index (χ3v) is 4.21. The van der Waals surface area contributed by atoms with Gasteiger partial charge in [-0.1, -0.05) is 32.9 Å². The number of pyridine rings is 1. The SMILES string of the molecule is CC(C)(C)C(=O)c1ccc(C(=O)Sc2cccnc2C(=O)O)cc1. The second kappa shape index (κ2) is 6.97. The summed E-state index contributed by atoms with van der Waals surface area (Å²) in [7, 11) is 0. The molecule has 2 aromatic rings. The molecule has 5 nitrogen and oxygen atoms in total. The van der Waals surface area contributed by atoms with Crippen molar-refractivity contribution in [2.24, 2.45) is 5.41 Å². The van der Waals surface area contributed by atoms with Gasteiger partial charge < -0.3 is 5.11 Å². The number of benzene rings is 1. The van der Waals surface area contributed by atoms with E-state index < -0.39 is 11.4 Å². The summed E-state index contributed by atoms with van der Waals surface area (Å²) in [5, 5.41) is 8.79. The fraction of sp³-hybridized carbons (Fsp3) is 0.222. The number of rotatable bonds is 4. The number of hydrogen-bond acceptors (Lipinski definition) is 5. The maximum absolute atomic E-state index is 12.3. The van der Waals surface area contributed by atoms with Crippen molar-refractivity contribution in [3.8, 4) is 0 Å². The van der Waals surface area contributed by atoms with Crippen LogP contribution in [0.25, 0.3) is 0 Å². The molecule has 1 heterocycles. The minimum atomic E-state index is -1.18. The molecule has 0 aliphatic carbocycles. The van der Waals surface area contributed by atoms with Crippen LogP contribution in [-0.2, 0) is 0 Å². The van der Waals surface area contributed by atoms with Gasteiger partial charge in [0, 0.05) is 27.6 Å². The number of aromatic carboxylic acids is 1. The van der Waals surface area contributed by atoms with E-state index in [9.17, 15) is 14.4 Å². The van der Waals surface area contributed by atoms with Crippen LogP contribution < -0.4 is 0 Å². The van der Waals surface area contributed by atoms with Crippen molar-refractivity contribution in [3.05, 3.63) is 59.4 Å². The van der Waals surface area contributed by atoms with Crippen LogP contribution >= 0.6 is 11.8 Å². The summed E-state index contributed by atoms with van der Waals surface area (Å²) >= 11 is 0.804. The zero-order valence-corrected chi connectivity index (χ0v) is 14.4. The summed E-state index contributed by atoms with van der Waals surface area (Å²) in [6, 6.07) is 9.49. The van der Waals surface area contributed by atoms with Crippen molar-refractivity contribution >= 4 is 28.6 Å². The molecule has 1 aromatic carbocycles. The van der Waals surface area contributed by atoms with Crippen molar-refractivity contribution < 1.29 is 19.5 Å². The van der Waals surface area contributed by atoms with Crippen LogP contribution in [0, 0.1) is 5.41 Å². The summed E-state index contributed by atoms with van der Waals surface area (Å²) < 4.78 is 0. The maximum atomic E-state index is 12.3. The van der Waals surface area contributed by atoms with Gasteiger partial charge in [-0.15, -0.1) is 0 Å². The van der Waals surface area contributed by atoms with Crippen LogP contribution in [-0.4, -0.2) is 27.0 Å². The number of carbonyl (C=O) groups is 3. The highest BCUT2D eigenvalue weighted by molar-refractivity contribution is 8.14. The summed E-state index contributed by atoms with van der Waals surface area (Å²) in [6.45, 7) is 5.50. The van der Waals surface area contributed by atoms with Gasteiger partial charge in [0.1, 0.15) is 0 Å². The molecule has 1 aromatic heterocycles. The van der Waals surface area contributed by atoms with Gasteiger partial charge in [0.25, 0.3) is 0 Å². The summed E-state index contributed by atoms with van der Waals surface area (Å²) in [5.41, 5.74) is 0.282. The molecule has 0 amide bonds. The van der Waals surface area contributed by atoms with E-state index in [2.05, 4.69) is 4.98 Å². The number of aromatic nitrogens is 1. The molecule has 0 spiro atoms. The number of hydrogen-bond donors (Lipinski definition) is 1. The van der Waals surface area contributed by atoms with E-state index in [0.717, 1.165) is 11.8 Å². The molecule has 6 heteroatoms. The molecule has 0 bridgehead atoms. The lowest BCUT2D eigenvalue weighted by atomic mass is 9.86. The number of Topliss-reactive ketones (excluding diaryl/α,β-unsaturated/α-hetero) is 1. The monoisotopic (exact) mass is 343 g/mol. The normalized spacial score (nSPS) is 11.1. The smallest absolute Gasteiger partial charge is 0.355 e. The highest BCUT2D eigenvalue weighted by Gasteiger charge is 2.23. The Kier molecular flexibility index (Phi) is 5.19. The Hall–Kier alpha value is -2.47. The summed E-state index contributed by atoms with van der Waals surface area (Å²) in [5.74, 6) is -1.19. The van der Waals surface area contributed by atoms with Gasteiger partial charge in [0.2, 0.25) is 5.12 Å². The first-order chi connectivity index (χ1) is 11.2. The number of carboxylic acids is 1. The van der Waals surface area contributed by atoms with Gasteiger partial charge in [0.15, 0.2) is 11.5 Å². The molecule has 0 unspecified atom stereocenters.